The van der Waals surface area contributed by atoms with Crippen molar-refractivity contribution in [1.29, 1.82) is 0 Å². The second-order valence-electron chi connectivity index (χ2n) is 4.22. The lowest BCUT2D eigenvalue weighted by molar-refractivity contribution is 0.110. The van der Waals surface area contributed by atoms with Gasteiger partial charge in [0, 0.05) is 13.2 Å². The summed E-state index contributed by atoms with van der Waals surface area (Å²) in [6.07, 6.45) is 3.69. The van der Waals surface area contributed by atoms with Crippen molar-refractivity contribution >= 4 is 0 Å². The third kappa shape index (κ3) is 3.58. The first kappa shape index (κ1) is 11.6. The van der Waals surface area contributed by atoms with Gasteiger partial charge in [-0.05, 0) is 43.5 Å². The summed E-state index contributed by atoms with van der Waals surface area (Å²) < 4.78 is 18.2. The predicted molar refractivity (Wildman–Crippen MR) is 61.9 cm³/mol. The van der Waals surface area contributed by atoms with Gasteiger partial charge in [0.05, 0.1) is 6.10 Å². The molecule has 1 aromatic carbocycles. The molecule has 1 heterocycles. The first-order chi connectivity index (χ1) is 7.84. The summed E-state index contributed by atoms with van der Waals surface area (Å²) in [5, 5.41) is 3.37. The predicted octanol–water partition coefficient (Wildman–Crippen LogP) is 2.14. The number of hydrogen-bond donors (Lipinski definition) is 1. The first-order valence-corrected chi connectivity index (χ1v) is 5.91. The van der Waals surface area contributed by atoms with Gasteiger partial charge >= 0.3 is 0 Å². The van der Waals surface area contributed by atoms with Gasteiger partial charge < -0.3 is 10.1 Å². The molecule has 1 atom stereocenters. The van der Waals surface area contributed by atoms with Crippen LogP contribution in [0.3, 0.4) is 0 Å². The summed E-state index contributed by atoms with van der Waals surface area (Å²) in [6, 6.07) is 6.69. The fraction of sp³-hybridized carbons (Fsp3) is 0.538. The van der Waals surface area contributed by atoms with Gasteiger partial charge in [0.25, 0.3) is 0 Å². The third-order valence-corrected chi connectivity index (χ3v) is 2.90. The van der Waals surface area contributed by atoms with Gasteiger partial charge in [-0.3, -0.25) is 0 Å². The Labute approximate surface area is 95.8 Å². The van der Waals surface area contributed by atoms with E-state index < -0.39 is 0 Å². The lowest BCUT2D eigenvalue weighted by atomic mass is 10.1. The van der Waals surface area contributed by atoms with E-state index in [1.54, 1.807) is 0 Å². The fourth-order valence-corrected chi connectivity index (χ4v) is 1.95. The van der Waals surface area contributed by atoms with Crippen molar-refractivity contribution < 1.29 is 9.13 Å². The Hall–Kier alpha value is -0.930. The molecule has 1 aromatic rings. The average molecular weight is 223 g/mol. The molecule has 2 nitrogen and oxygen atoms in total. The largest absolute Gasteiger partial charge is 0.377 e. The van der Waals surface area contributed by atoms with Crippen LogP contribution in [-0.2, 0) is 11.2 Å². The number of hydrogen-bond acceptors (Lipinski definition) is 2. The van der Waals surface area contributed by atoms with Crippen molar-refractivity contribution in [2.75, 3.05) is 19.7 Å². The molecule has 0 radical (unpaired) electrons. The van der Waals surface area contributed by atoms with Gasteiger partial charge in [0.2, 0.25) is 0 Å². The highest BCUT2D eigenvalue weighted by molar-refractivity contribution is 5.16. The number of nitrogens with one attached hydrogen (secondary N) is 1. The van der Waals surface area contributed by atoms with Crippen LogP contribution in [0.15, 0.2) is 24.3 Å². The van der Waals surface area contributed by atoms with Crippen LogP contribution in [0.5, 0.6) is 0 Å². The van der Waals surface area contributed by atoms with E-state index >= 15 is 0 Å². The van der Waals surface area contributed by atoms with E-state index in [1.807, 2.05) is 12.1 Å². The highest BCUT2D eigenvalue weighted by Gasteiger charge is 2.13. The Morgan fingerprint density at radius 3 is 2.81 bits per heavy atom. The minimum atomic E-state index is -0.170. The normalized spacial score (nSPS) is 20.2. The minimum absolute atomic E-state index is 0.170. The monoisotopic (exact) mass is 223 g/mol. The molecule has 2 rings (SSSR count). The molecule has 1 unspecified atom stereocenters. The van der Waals surface area contributed by atoms with Gasteiger partial charge in [0.15, 0.2) is 0 Å². The zero-order valence-electron chi connectivity index (χ0n) is 9.42. The Bertz CT molecular complexity index is 306. The summed E-state index contributed by atoms with van der Waals surface area (Å²) in [7, 11) is 0. The standard InChI is InChI=1S/C13H18FNO/c14-12-5-3-11(4-6-12)7-8-15-10-13-2-1-9-16-13/h3-6,13,15H,1-2,7-10H2. The SMILES string of the molecule is Fc1ccc(CCNCC2CCCO2)cc1. The maximum atomic E-state index is 12.6. The Balaban J connectivity index is 1.62. The molecule has 1 aliphatic heterocycles. The minimum Gasteiger partial charge on any atom is -0.377 e. The smallest absolute Gasteiger partial charge is 0.123 e. The fourth-order valence-electron chi connectivity index (χ4n) is 1.95. The highest BCUT2D eigenvalue weighted by atomic mass is 19.1. The van der Waals surface area contributed by atoms with Gasteiger partial charge in [-0.2, -0.15) is 0 Å². The molecule has 0 bridgehead atoms. The Kier molecular flexibility index (Phi) is 4.31. The van der Waals surface area contributed by atoms with E-state index in [4.69, 9.17) is 4.74 Å². The summed E-state index contributed by atoms with van der Waals surface area (Å²) >= 11 is 0. The Morgan fingerprint density at radius 1 is 1.31 bits per heavy atom. The van der Waals surface area contributed by atoms with Crippen LogP contribution in [0.2, 0.25) is 0 Å². The number of ether oxygens (including phenoxy) is 1. The van der Waals surface area contributed by atoms with E-state index in [2.05, 4.69) is 5.32 Å². The van der Waals surface area contributed by atoms with Crippen molar-refractivity contribution in [3.63, 3.8) is 0 Å². The second-order valence-corrected chi connectivity index (χ2v) is 4.22. The molecule has 16 heavy (non-hydrogen) atoms. The summed E-state index contributed by atoms with van der Waals surface area (Å²) in [5.41, 5.74) is 1.17. The van der Waals surface area contributed by atoms with Crippen LogP contribution in [0.25, 0.3) is 0 Å². The van der Waals surface area contributed by atoms with Crippen molar-refractivity contribution in [3.05, 3.63) is 35.6 Å². The average Bonchev–Trinajstić information content (AvgIpc) is 2.80. The van der Waals surface area contributed by atoms with Gasteiger partial charge in [-0.1, -0.05) is 12.1 Å². The number of benzene rings is 1. The zero-order chi connectivity index (χ0) is 11.2. The van der Waals surface area contributed by atoms with E-state index in [0.29, 0.717) is 6.10 Å². The van der Waals surface area contributed by atoms with E-state index in [1.165, 1.54) is 30.5 Å². The van der Waals surface area contributed by atoms with Gasteiger partial charge in [-0.15, -0.1) is 0 Å². The number of rotatable bonds is 5. The molecule has 0 aliphatic carbocycles. The molecule has 0 saturated carbocycles. The van der Waals surface area contributed by atoms with Crippen molar-refractivity contribution in [2.24, 2.45) is 0 Å². The maximum absolute atomic E-state index is 12.6. The molecular formula is C13H18FNO. The van der Waals surface area contributed by atoms with Crippen LogP contribution in [-0.4, -0.2) is 25.8 Å². The lowest BCUT2D eigenvalue weighted by Crippen LogP contribution is -2.27. The quantitative estimate of drug-likeness (QED) is 0.772. The molecule has 0 amide bonds. The van der Waals surface area contributed by atoms with Crippen LogP contribution in [0.1, 0.15) is 18.4 Å². The maximum Gasteiger partial charge on any atom is 0.123 e. The molecule has 1 N–H and O–H groups in total. The topological polar surface area (TPSA) is 21.3 Å². The highest BCUT2D eigenvalue weighted by Crippen LogP contribution is 2.10. The van der Waals surface area contributed by atoms with Crippen LogP contribution >= 0.6 is 0 Å². The molecule has 88 valence electrons. The van der Waals surface area contributed by atoms with Gasteiger partial charge in [-0.25, -0.2) is 4.39 Å². The molecule has 3 heteroatoms. The van der Waals surface area contributed by atoms with E-state index in [0.717, 1.165) is 26.1 Å². The zero-order valence-corrected chi connectivity index (χ0v) is 9.42. The molecule has 1 saturated heterocycles. The van der Waals surface area contributed by atoms with Gasteiger partial charge in [0.1, 0.15) is 5.82 Å². The molecule has 1 aliphatic rings. The molecule has 1 fully saturated rings. The van der Waals surface area contributed by atoms with Crippen LogP contribution < -0.4 is 5.32 Å². The molecule has 0 spiro atoms. The van der Waals surface area contributed by atoms with E-state index in [9.17, 15) is 4.39 Å². The number of halogens is 1. The van der Waals surface area contributed by atoms with Crippen molar-refractivity contribution in [3.8, 4) is 0 Å². The molecular weight excluding hydrogens is 205 g/mol. The summed E-state index contributed by atoms with van der Waals surface area (Å²) in [4.78, 5) is 0. The molecule has 0 aromatic heterocycles. The van der Waals surface area contributed by atoms with E-state index in [-0.39, 0.29) is 5.82 Å². The second kappa shape index (κ2) is 5.97. The third-order valence-electron chi connectivity index (χ3n) is 2.90. The first-order valence-electron chi connectivity index (χ1n) is 5.91. The van der Waals surface area contributed by atoms with Crippen LogP contribution in [0, 0.1) is 5.82 Å². The Morgan fingerprint density at radius 2 is 2.12 bits per heavy atom. The van der Waals surface area contributed by atoms with Crippen LogP contribution in [0.4, 0.5) is 4.39 Å². The summed E-state index contributed by atoms with van der Waals surface area (Å²) in [5.74, 6) is -0.170. The summed E-state index contributed by atoms with van der Waals surface area (Å²) in [6.45, 7) is 2.76. The van der Waals surface area contributed by atoms with Crippen molar-refractivity contribution in [2.45, 2.75) is 25.4 Å². The van der Waals surface area contributed by atoms with Crippen molar-refractivity contribution in [1.82, 2.24) is 5.32 Å². The lowest BCUT2D eigenvalue weighted by Gasteiger charge is -2.10.